The van der Waals surface area contributed by atoms with Gasteiger partial charge in [-0.15, -0.1) is 0 Å². The van der Waals surface area contributed by atoms with E-state index in [-0.39, 0.29) is 12.5 Å². The number of nitrogens with zero attached hydrogens (tertiary/aromatic N) is 1. The molecule has 9 heteroatoms. The summed E-state index contributed by atoms with van der Waals surface area (Å²) < 4.78 is 5.39. The Bertz CT molecular complexity index is 1130. The predicted octanol–water partition coefficient (Wildman–Crippen LogP) is 1.32. The Morgan fingerprint density at radius 3 is 2.42 bits per heavy atom. The molecule has 1 heterocycles. The molecule has 0 radical (unpaired) electrons. The van der Waals surface area contributed by atoms with Gasteiger partial charge in [0.2, 0.25) is 5.91 Å². The molecule has 36 heavy (non-hydrogen) atoms. The summed E-state index contributed by atoms with van der Waals surface area (Å²) in [4.78, 5) is 37.6. The zero-order valence-electron chi connectivity index (χ0n) is 20.1. The van der Waals surface area contributed by atoms with E-state index >= 15 is 0 Å². The van der Waals surface area contributed by atoms with Crippen LogP contribution >= 0.6 is 0 Å². The number of nitrogens with one attached hydrogen (secondary N) is 3. The zero-order valence-corrected chi connectivity index (χ0v) is 20.1. The molecule has 1 saturated heterocycles. The Hall–Kier alpha value is -3.97. The first-order valence-electron chi connectivity index (χ1n) is 11.6. The maximum atomic E-state index is 12.4. The highest BCUT2D eigenvalue weighted by atomic mass is 16.5. The van der Waals surface area contributed by atoms with Gasteiger partial charge in [-0.05, 0) is 47.5 Å². The highest BCUT2D eigenvalue weighted by Crippen LogP contribution is 2.10. The molecule has 3 amide bonds. The smallest absolute Gasteiger partial charge is 0.267 e. The number of allylic oxidation sites excluding steroid dienone is 1. The molecule has 0 saturated carbocycles. The third kappa shape index (κ3) is 8.67. The molecule has 0 aromatic heterocycles. The van der Waals surface area contributed by atoms with Crippen LogP contribution in [0.15, 0.2) is 54.6 Å². The summed E-state index contributed by atoms with van der Waals surface area (Å²) in [6.07, 6.45) is 3.71. The molecular formula is C27H30N4O5. The average Bonchev–Trinajstić information content (AvgIpc) is 2.90. The molecule has 1 aliphatic rings. The average molecular weight is 491 g/mol. The van der Waals surface area contributed by atoms with Crippen molar-refractivity contribution in [1.29, 1.82) is 0 Å². The summed E-state index contributed by atoms with van der Waals surface area (Å²) in [5.41, 5.74) is 4.84. The standard InChI is InChI=1S/C27H30N4O5/c1-20(32)28-18-25(27(34)30-35)29-26(33)24-12-10-22(11-13-24)5-3-2-4-21-6-8-23(9-7-21)19-31-14-16-36-17-15-31/h2,4,6-13,25,35H,14-19H2,1H3,(H,28,32)(H,29,33)(H,30,34)/t25-/m0/s1. The molecule has 2 aromatic rings. The molecule has 9 nitrogen and oxygen atoms in total. The van der Waals surface area contributed by atoms with Crippen LogP contribution in [0.3, 0.4) is 0 Å². The van der Waals surface area contributed by atoms with Gasteiger partial charge in [0.15, 0.2) is 0 Å². The number of carbonyl (C=O) groups excluding carboxylic acids is 3. The highest BCUT2D eigenvalue weighted by Gasteiger charge is 2.21. The van der Waals surface area contributed by atoms with Crippen molar-refractivity contribution in [1.82, 2.24) is 21.0 Å². The summed E-state index contributed by atoms with van der Waals surface area (Å²) in [6, 6.07) is 13.8. The second kappa shape index (κ2) is 13.8. The first kappa shape index (κ1) is 26.6. The monoisotopic (exact) mass is 490 g/mol. The maximum Gasteiger partial charge on any atom is 0.267 e. The van der Waals surface area contributed by atoms with E-state index < -0.39 is 17.9 Å². The lowest BCUT2D eigenvalue weighted by atomic mass is 10.1. The van der Waals surface area contributed by atoms with Crippen molar-refractivity contribution in [2.45, 2.75) is 19.5 Å². The van der Waals surface area contributed by atoms with Crippen LogP contribution in [0.2, 0.25) is 0 Å². The quantitative estimate of drug-likeness (QED) is 0.252. The fraction of sp³-hybridized carbons (Fsp3) is 0.296. The number of rotatable bonds is 8. The molecule has 188 valence electrons. The van der Waals surface area contributed by atoms with Gasteiger partial charge in [0.05, 0.1) is 13.2 Å². The highest BCUT2D eigenvalue weighted by molar-refractivity contribution is 5.97. The van der Waals surface area contributed by atoms with E-state index in [0.29, 0.717) is 5.56 Å². The van der Waals surface area contributed by atoms with Crippen LogP contribution in [-0.4, -0.2) is 66.7 Å². The van der Waals surface area contributed by atoms with Crippen LogP contribution < -0.4 is 16.1 Å². The molecule has 0 aliphatic carbocycles. The fourth-order valence-corrected chi connectivity index (χ4v) is 3.49. The van der Waals surface area contributed by atoms with E-state index in [1.807, 2.05) is 6.08 Å². The number of carbonyl (C=O) groups is 3. The lowest BCUT2D eigenvalue weighted by molar-refractivity contribution is -0.131. The van der Waals surface area contributed by atoms with Crippen molar-refractivity contribution >= 4 is 23.8 Å². The number of hydroxylamine groups is 1. The van der Waals surface area contributed by atoms with Gasteiger partial charge in [-0.25, -0.2) is 5.48 Å². The summed E-state index contributed by atoms with van der Waals surface area (Å²) in [5, 5.41) is 13.8. The zero-order chi connectivity index (χ0) is 25.8. The molecule has 1 fully saturated rings. The van der Waals surface area contributed by atoms with Crippen molar-refractivity contribution in [3.05, 3.63) is 76.9 Å². The number of hydrogen-bond donors (Lipinski definition) is 4. The molecule has 0 spiro atoms. The van der Waals surface area contributed by atoms with Crippen LogP contribution in [0.25, 0.3) is 6.08 Å². The minimum absolute atomic E-state index is 0.153. The van der Waals surface area contributed by atoms with E-state index in [1.165, 1.54) is 18.0 Å². The molecular weight excluding hydrogens is 460 g/mol. The van der Waals surface area contributed by atoms with Crippen molar-refractivity contribution in [2.75, 3.05) is 32.8 Å². The fourth-order valence-electron chi connectivity index (χ4n) is 3.49. The number of ether oxygens (including phenoxy) is 1. The van der Waals surface area contributed by atoms with Crippen LogP contribution in [0.4, 0.5) is 0 Å². The van der Waals surface area contributed by atoms with Crippen molar-refractivity contribution in [3.8, 4) is 11.8 Å². The van der Waals surface area contributed by atoms with Gasteiger partial charge >= 0.3 is 0 Å². The third-order valence-corrected chi connectivity index (χ3v) is 5.50. The van der Waals surface area contributed by atoms with E-state index in [0.717, 1.165) is 44.0 Å². The number of morpholine rings is 1. The van der Waals surface area contributed by atoms with Crippen molar-refractivity contribution < 1.29 is 24.3 Å². The number of benzene rings is 2. The Morgan fingerprint density at radius 2 is 1.78 bits per heavy atom. The Labute approximate surface area is 210 Å². The molecule has 2 aromatic carbocycles. The molecule has 4 N–H and O–H groups in total. The van der Waals surface area contributed by atoms with Crippen molar-refractivity contribution in [3.63, 3.8) is 0 Å². The summed E-state index contributed by atoms with van der Waals surface area (Å²) >= 11 is 0. The second-order valence-corrected chi connectivity index (χ2v) is 8.25. The lowest BCUT2D eigenvalue weighted by Gasteiger charge is -2.26. The van der Waals surface area contributed by atoms with Crippen molar-refractivity contribution in [2.24, 2.45) is 0 Å². The number of hydrogen-bond acceptors (Lipinski definition) is 6. The van der Waals surface area contributed by atoms with Gasteiger partial charge in [-0.3, -0.25) is 24.5 Å². The lowest BCUT2D eigenvalue weighted by Crippen LogP contribution is -2.51. The molecule has 0 bridgehead atoms. The summed E-state index contributed by atoms with van der Waals surface area (Å²) in [6.45, 7) is 5.56. The van der Waals surface area contributed by atoms with Gasteiger partial charge in [0.1, 0.15) is 6.04 Å². The first-order valence-corrected chi connectivity index (χ1v) is 11.6. The Kier molecular flexibility index (Phi) is 10.2. The van der Waals surface area contributed by atoms with Gasteiger partial charge in [0, 0.05) is 44.2 Å². The SMILES string of the molecule is CC(=O)NC[C@H](NC(=O)c1ccc(C#CC=Cc2ccc(CN3CCOCC3)cc2)cc1)C(=O)NO. The largest absolute Gasteiger partial charge is 0.379 e. The summed E-state index contributed by atoms with van der Waals surface area (Å²) in [5.74, 6) is 4.28. The van der Waals surface area contributed by atoms with Gasteiger partial charge < -0.3 is 15.4 Å². The first-order chi connectivity index (χ1) is 17.4. The Morgan fingerprint density at radius 1 is 1.08 bits per heavy atom. The molecule has 3 rings (SSSR count). The number of amides is 3. The maximum absolute atomic E-state index is 12.4. The van der Waals surface area contributed by atoms with Crippen LogP contribution in [0.1, 0.15) is 34.0 Å². The molecule has 1 atom stereocenters. The van der Waals surface area contributed by atoms with E-state index in [9.17, 15) is 14.4 Å². The van der Waals surface area contributed by atoms with Crippen LogP contribution in [0, 0.1) is 11.8 Å². The second-order valence-electron chi connectivity index (χ2n) is 8.25. The topological polar surface area (TPSA) is 120 Å². The minimum Gasteiger partial charge on any atom is -0.379 e. The van der Waals surface area contributed by atoms with E-state index in [4.69, 9.17) is 9.94 Å². The molecule has 1 aliphatic heterocycles. The van der Waals surface area contributed by atoms with Crippen LogP contribution in [-0.2, 0) is 20.9 Å². The molecule has 0 unspecified atom stereocenters. The van der Waals surface area contributed by atoms with Gasteiger partial charge in [-0.2, -0.15) is 0 Å². The van der Waals surface area contributed by atoms with Crippen LogP contribution in [0.5, 0.6) is 0 Å². The predicted molar refractivity (Wildman–Crippen MR) is 135 cm³/mol. The van der Waals surface area contributed by atoms with E-state index in [1.54, 1.807) is 30.3 Å². The summed E-state index contributed by atoms with van der Waals surface area (Å²) in [7, 11) is 0. The minimum atomic E-state index is -1.12. The normalized spacial score (nSPS) is 14.4. The Balaban J connectivity index is 1.52. The van der Waals surface area contributed by atoms with Gasteiger partial charge in [-0.1, -0.05) is 36.1 Å². The third-order valence-electron chi connectivity index (χ3n) is 5.50. The van der Waals surface area contributed by atoms with Gasteiger partial charge in [0.25, 0.3) is 11.8 Å². The van der Waals surface area contributed by atoms with E-state index in [2.05, 4.69) is 51.6 Å².